The van der Waals surface area contributed by atoms with Crippen molar-refractivity contribution in [1.29, 1.82) is 5.26 Å². The van der Waals surface area contributed by atoms with Crippen molar-refractivity contribution in [2.75, 3.05) is 5.73 Å². The Kier molecular flexibility index (Phi) is 4.12. The van der Waals surface area contributed by atoms with Crippen LogP contribution >= 0.6 is 0 Å². The number of phenols is 1. The lowest BCUT2D eigenvalue weighted by Gasteiger charge is -2.09. The lowest BCUT2D eigenvalue weighted by atomic mass is 10.2. The molecule has 0 saturated carbocycles. The molecule has 0 radical (unpaired) electrons. The minimum absolute atomic E-state index is 0.0551. The molecule has 4 N–H and O–H groups in total. The van der Waals surface area contributed by atoms with Crippen LogP contribution in [0.4, 0.5) is 5.69 Å². The number of nitrogens with two attached hydrogens (primary N) is 1. The number of sulfonamides is 1. The van der Waals surface area contributed by atoms with Crippen molar-refractivity contribution in [3.05, 3.63) is 53.6 Å². The molecule has 0 amide bonds. The molecule has 0 atom stereocenters. The van der Waals surface area contributed by atoms with Gasteiger partial charge < -0.3 is 10.8 Å². The van der Waals surface area contributed by atoms with Gasteiger partial charge in [-0.25, -0.2) is 13.1 Å². The molecule has 7 heteroatoms. The Hall–Kier alpha value is -2.56. The van der Waals surface area contributed by atoms with E-state index in [9.17, 15) is 13.5 Å². The molecular weight excluding hydrogens is 290 g/mol. The number of anilines is 1. The van der Waals surface area contributed by atoms with E-state index in [0.29, 0.717) is 11.3 Å². The van der Waals surface area contributed by atoms with Crippen molar-refractivity contribution < 1.29 is 13.5 Å². The molecule has 2 aromatic rings. The molecule has 0 spiro atoms. The van der Waals surface area contributed by atoms with Crippen LogP contribution in [0.3, 0.4) is 0 Å². The average molecular weight is 303 g/mol. The molecule has 108 valence electrons. The molecule has 21 heavy (non-hydrogen) atoms. The fraction of sp³-hybridized carbons (Fsp3) is 0.0714. The summed E-state index contributed by atoms with van der Waals surface area (Å²) in [7, 11) is -3.86. The Balaban J connectivity index is 2.27. The predicted octanol–water partition coefficient (Wildman–Crippen LogP) is 1.32. The Morgan fingerprint density at radius 1 is 1.24 bits per heavy atom. The molecule has 0 aliphatic rings. The predicted molar refractivity (Wildman–Crippen MR) is 77.7 cm³/mol. The first-order chi connectivity index (χ1) is 9.94. The van der Waals surface area contributed by atoms with Gasteiger partial charge in [-0.2, -0.15) is 5.26 Å². The summed E-state index contributed by atoms with van der Waals surface area (Å²) in [6.07, 6.45) is 0. The summed E-state index contributed by atoms with van der Waals surface area (Å²) in [4.78, 5) is -0.101. The molecule has 0 aliphatic carbocycles. The summed E-state index contributed by atoms with van der Waals surface area (Å²) in [6.45, 7) is -0.126. The minimum Gasteiger partial charge on any atom is -0.508 e. The van der Waals surface area contributed by atoms with Crippen LogP contribution in [0.2, 0.25) is 0 Å². The highest BCUT2D eigenvalue weighted by atomic mass is 32.2. The number of phenolic OH excluding ortho intramolecular Hbond substituents is 1. The maximum atomic E-state index is 12.2. The number of aromatic hydroxyl groups is 1. The van der Waals surface area contributed by atoms with Gasteiger partial charge in [0.1, 0.15) is 11.8 Å². The molecule has 0 heterocycles. The second kappa shape index (κ2) is 5.83. The second-order valence-electron chi connectivity index (χ2n) is 4.32. The molecule has 2 aromatic carbocycles. The maximum absolute atomic E-state index is 12.2. The van der Waals surface area contributed by atoms with Gasteiger partial charge in [0.05, 0.1) is 10.5 Å². The van der Waals surface area contributed by atoms with Crippen molar-refractivity contribution in [3.63, 3.8) is 0 Å². The van der Waals surface area contributed by atoms with Crippen molar-refractivity contribution >= 4 is 15.7 Å². The number of hydrogen-bond donors (Lipinski definition) is 3. The van der Waals surface area contributed by atoms with Crippen molar-refractivity contribution in [2.45, 2.75) is 11.4 Å². The van der Waals surface area contributed by atoms with Crippen LogP contribution in [0, 0.1) is 11.3 Å². The molecule has 0 bridgehead atoms. The van der Waals surface area contributed by atoms with Gasteiger partial charge >= 0.3 is 0 Å². The Morgan fingerprint density at radius 2 is 1.95 bits per heavy atom. The van der Waals surface area contributed by atoms with Gasteiger partial charge in [-0.05, 0) is 30.3 Å². The lowest BCUT2D eigenvalue weighted by molar-refractivity contribution is 0.467. The van der Waals surface area contributed by atoms with E-state index in [1.165, 1.54) is 36.4 Å². The highest BCUT2D eigenvalue weighted by Gasteiger charge is 2.18. The maximum Gasteiger partial charge on any atom is 0.242 e. The Labute approximate surface area is 122 Å². The highest BCUT2D eigenvalue weighted by molar-refractivity contribution is 7.89. The first kappa shape index (κ1) is 14.8. The van der Waals surface area contributed by atoms with Gasteiger partial charge in [0.25, 0.3) is 0 Å². The normalized spacial score (nSPS) is 11.0. The van der Waals surface area contributed by atoms with E-state index in [-0.39, 0.29) is 22.8 Å². The standard InChI is InChI=1S/C14H13N3O3S/c15-8-10-3-1-2-4-14(10)21(19,20)17-9-11-7-12(16)5-6-13(11)18/h1-7,17-18H,9,16H2. The second-order valence-corrected chi connectivity index (χ2v) is 6.06. The smallest absolute Gasteiger partial charge is 0.242 e. The van der Waals surface area contributed by atoms with Crippen LogP contribution in [0.25, 0.3) is 0 Å². The number of hydrogen-bond acceptors (Lipinski definition) is 5. The molecular formula is C14H13N3O3S. The van der Waals surface area contributed by atoms with E-state index in [4.69, 9.17) is 11.0 Å². The topological polar surface area (TPSA) is 116 Å². The Bertz CT molecular complexity index is 810. The zero-order chi connectivity index (χ0) is 15.5. The van der Waals surface area contributed by atoms with Crippen LogP contribution in [-0.4, -0.2) is 13.5 Å². The number of nitrogen functional groups attached to an aromatic ring is 1. The highest BCUT2D eigenvalue weighted by Crippen LogP contribution is 2.21. The summed E-state index contributed by atoms with van der Waals surface area (Å²) in [6, 6.07) is 12.1. The zero-order valence-corrected chi connectivity index (χ0v) is 11.8. The first-order valence-electron chi connectivity index (χ1n) is 6.00. The van der Waals surface area contributed by atoms with Crippen molar-refractivity contribution in [1.82, 2.24) is 4.72 Å². The minimum atomic E-state index is -3.86. The largest absolute Gasteiger partial charge is 0.508 e. The number of benzene rings is 2. The zero-order valence-electron chi connectivity index (χ0n) is 10.9. The number of nitriles is 1. The monoisotopic (exact) mass is 303 g/mol. The lowest BCUT2D eigenvalue weighted by Crippen LogP contribution is -2.24. The summed E-state index contributed by atoms with van der Waals surface area (Å²) in [5, 5.41) is 18.6. The van der Waals surface area contributed by atoms with Crippen LogP contribution in [0.15, 0.2) is 47.4 Å². The summed E-state index contributed by atoms with van der Waals surface area (Å²) in [5.74, 6) is -0.0551. The van der Waals surface area contributed by atoms with E-state index in [1.54, 1.807) is 6.07 Å². The molecule has 0 aromatic heterocycles. The SMILES string of the molecule is N#Cc1ccccc1S(=O)(=O)NCc1cc(N)ccc1O. The van der Waals surface area contributed by atoms with Gasteiger partial charge in [0, 0.05) is 17.8 Å². The summed E-state index contributed by atoms with van der Waals surface area (Å²) >= 11 is 0. The molecule has 0 fully saturated rings. The van der Waals surface area contributed by atoms with Crippen molar-refractivity contribution in [2.24, 2.45) is 0 Å². The molecule has 0 aliphatic heterocycles. The van der Waals surface area contributed by atoms with Gasteiger partial charge in [0.2, 0.25) is 10.0 Å². The van der Waals surface area contributed by atoms with Crippen LogP contribution in [-0.2, 0) is 16.6 Å². The van der Waals surface area contributed by atoms with E-state index >= 15 is 0 Å². The van der Waals surface area contributed by atoms with Crippen LogP contribution in [0.1, 0.15) is 11.1 Å². The third-order valence-corrected chi connectivity index (χ3v) is 4.31. The van der Waals surface area contributed by atoms with Crippen LogP contribution in [0.5, 0.6) is 5.75 Å². The van der Waals surface area contributed by atoms with Gasteiger partial charge in [-0.1, -0.05) is 12.1 Å². The van der Waals surface area contributed by atoms with E-state index in [2.05, 4.69) is 4.72 Å². The third kappa shape index (κ3) is 3.31. The van der Waals surface area contributed by atoms with E-state index < -0.39 is 10.0 Å². The van der Waals surface area contributed by atoms with Crippen molar-refractivity contribution in [3.8, 4) is 11.8 Å². The van der Waals surface area contributed by atoms with E-state index in [1.807, 2.05) is 6.07 Å². The fourth-order valence-corrected chi connectivity index (χ4v) is 2.95. The quantitative estimate of drug-likeness (QED) is 0.582. The molecule has 6 nitrogen and oxygen atoms in total. The molecule has 0 saturated heterocycles. The van der Waals surface area contributed by atoms with Gasteiger partial charge in [-0.15, -0.1) is 0 Å². The number of nitrogens with one attached hydrogen (secondary N) is 1. The van der Waals surface area contributed by atoms with Gasteiger partial charge in [0.15, 0.2) is 0 Å². The summed E-state index contributed by atoms with van der Waals surface area (Å²) in [5.41, 5.74) is 6.42. The number of nitrogens with zero attached hydrogens (tertiary/aromatic N) is 1. The fourth-order valence-electron chi connectivity index (χ4n) is 1.79. The first-order valence-corrected chi connectivity index (χ1v) is 7.48. The summed E-state index contributed by atoms with van der Waals surface area (Å²) < 4.78 is 26.8. The van der Waals surface area contributed by atoms with Crippen LogP contribution < -0.4 is 10.5 Å². The average Bonchev–Trinajstić information content (AvgIpc) is 2.48. The Morgan fingerprint density at radius 3 is 2.67 bits per heavy atom. The molecule has 0 unspecified atom stereocenters. The number of rotatable bonds is 4. The third-order valence-electron chi connectivity index (χ3n) is 2.85. The molecule has 2 rings (SSSR count). The van der Waals surface area contributed by atoms with Gasteiger partial charge in [-0.3, -0.25) is 0 Å². The van der Waals surface area contributed by atoms with E-state index in [0.717, 1.165) is 0 Å².